The molecule has 0 aromatic carbocycles. The zero-order valence-corrected chi connectivity index (χ0v) is 14.6. The molecule has 1 aliphatic heterocycles. The number of carbonyl (C=O) groups excluding carboxylic acids is 1. The summed E-state index contributed by atoms with van der Waals surface area (Å²) in [5.41, 5.74) is 0. The Bertz CT molecular complexity index is 655. The van der Waals surface area contributed by atoms with Gasteiger partial charge >= 0.3 is 6.03 Å². The molecule has 2 amide bonds. The van der Waals surface area contributed by atoms with Crippen LogP contribution in [-0.2, 0) is 18.4 Å². The highest BCUT2D eigenvalue weighted by Crippen LogP contribution is 2.24. The van der Waals surface area contributed by atoms with E-state index in [0.29, 0.717) is 26.3 Å². The van der Waals surface area contributed by atoms with Crippen LogP contribution < -0.4 is 5.32 Å². The van der Waals surface area contributed by atoms with Gasteiger partial charge in [0.15, 0.2) is 0 Å². The Hall–Kier alpha value is -2.35. The zero-order chi connectivity index (χ0) is 17.5. The van der Waals surface area contributed by atoms with E-state index < -0.39 is 0 Å². The van der Waals surface area contributed by atoms with E-state index in [1.807, 2.05) is 28.6 Å². The van der Waals surface area contributed by atoms with Crippen LogP contribution in [0.1, 0.15) is 36.8 Å². The van der Waals surface area contributed by atoms with Crippen LogP contribution in [0.4, 0.5) is 4.79 Å². The van der Waals surface area contributed by atoms with Crippen molar-refractivity contribution < 1.29 is 13.9 Å². The Labute approximate surface area is 147 Å². The first kappa shape index (κ1) is 17.5. The van der Waals surface area contributed by atoms with Gasteiger partial charge < -0.3 is 23.9 Å². The predicted octanol–water partition coefficient (Wildman–Crippen LogP) is 1.90. The quantitative estimate of drug-likeness (QED) is 0.773. The minimum absolute atomic E-state index is 0.0158. The standard InChI is InChI=1S/C17H25N5O3/c1-21-13-19-20-16(21)14-5-2-8-22(11-14)17(23)18-7-4-9-24-12-15-6-3-10-25-15/h3,6,10,13-14H,2,4-5,7-9,11-12H2,1H3,(H,18,23). The van der Waals surface area contributed by atoms with Crippen molar-refractivity contribution in [2.24, 2.45) is 7.05 Å². The number of piperidine rings is 1. The topological polar surface area (TPSA) is 85.4 Å². The van der Waals surface area contributed by atoms with Crippen LogP contribution in [0.25, 0.3) is 0 Å². The minimum atomic E-state index is -0.0158. The molecule has 1 fully saturated rings. The number of hydrogen-bond acceptors (Lipinski definition) is 5. The van der Waals surface area contributed by atoms with Crippen molar-refractivity contribution >= 4 is 6.03 Å². The van der Waals surface area contributed by atoms with E-state index in [-0.39, 0.29) is 11.9 Å². The lowest BCUT2D eigenvalue weighted by Gasteiger charge is -2.32. The number of aromatic nitrogens is 3. The number of hydrogen-bond donors (Lipinski definition) is 1. The Balaban J connectivity index is 1.34. The van der Waals surface area contributed by atoms with E-state index in [1.54, 1.807) is 12.6 Å². The molecule has 1 saturated heterocycles. The summed E-state index contributed by atoms with van der Waals surface area (Å²) in [5, 5.41) is 11.1. The molecule has 0 bridgehead atoms. The number of carbonyl (C=O) groups is 1. The highest BCUT2D eigenvalue weighted by molar-refractivity contribution is 5.74. The van der Waals surface area contributed by atoms with E-state index >= 15 is 0 Å². The Morgan fingerprint density at radius 3 is 3.20 bits per heavy atom. The maximum atomic E-state index is 12.3. The summed E-state index contributed by atoms with van der Waals surface area (Å²) in [7, 11) is 1.94. The van der Waals surface area contributed by atoms with E-state index in [0.717, 1.165) is 37.4 Å². The van der Waals surface area contributed by atoms with Crippen molar-refractivity contribution in [3.8, 4) is 0 Å². The van der Waals surface area contributed by atoms with Crippen LogP contribution in [0.2, 0.25) is 0 Å². The fourth-order valence-electron chi connectivity index (χ4n) is 3.08. The van der Waals surface area contributed by atoms with Crippen molar-refractivity contribution in [2.45, 2.75) is 31.8 Å². The molecule has 1 aliphatic rings. The minimum Gasteiger partial charge on any atom is -0.467 e. The molecule has 0 saturated carbocycles. The van der Waals surface area contributed by atoms with E-state index in [4.69, 9.17) is 9.15 Å². The van der Waals surface area contributed by atoms with Gasteiger partial charge in [0.2, 0.25) is 0 Å². The summed E-state index contributed by atoms with van der Waals surface area (Å²) >= 11 is 0. The molecule has 0 radical (unpaired) electrons. The zero-order valence-electron chi connectivity index (χ0n) is 14.6. The number of furan rings is 1. The van der Waals surface area contributed by atoms with Crippen molar-refractivity contribution in [1.82, 2.24) is 25.0 Å². The molecule has 3 heterocycles. The van der Waals surface area contributed by atoms with Gasteiger partial charge in [-0.05, 0) is 31.4 Å². The summed E-state index contributed by atoms with van der Waals surface area (Å²) < 4.78 is 12.6. The third-order valence-corrected chi connectivity index (χ3v) is 4.39. The number of nitrogens with one attached hydrogen (secondary N) is 1. The summed E-state index contributed by atoms with van der Waals surface area (Å²) in [6, 6.07) is 3.70. The molecule has 136 valence electrons. The average molecular weight is 347 g/mol. The second-order valence-corrected chi connectivity index (χ2v) is 6.30. The second-order valence-electron chi connectivity index (χ2n) is 6.30. The Kier molecular flexibility index (Phi) is 6.05. The molecule has 0 aliphatic carbocycles. The van der Waals surface area contributed by atoms with Gasteiger partial charge in [0, 0.05) is 39.2 Å². The number of amides is 2. The summed E-state index contributed by atoms with van der Waals surface area (Å²) in [6.07, 6.45) is 6.13. The van der Waals surface area contributed by atoms with Crippen LogP contribution >= 0.6 is 0 Å². The van der Waals surface area contributed by atoms with Crippen LogP contribution in [0.3, 0.4) is 0 Å². The molecule has 8 heteroatoms. The maximum Gasteiger partial charge on any atom is 0.317 e. The molecule has 2 aromatic heterocycles. The van der Waals surface area contributed by atoms with Crippen molar-refractivity contribution in [3.05, 3.63) is 36.3 Å². The predicted molar refractivity (Wildman–Crippen MR) is 90.9 cm³/mol. The number of aryl methyl sites for hydroxylation is 1. The highest BCUT2D eigenvalue weighted by Gasteiger charge is 2.27. The first-order valence-electron chi connectivity index (χ1n) is 8.71. The molecule has 3 rings (SSSR count). The molecule has 25 heavy (non-hydrogen) atoms. The molecule has 2 aromatic rings. The first-order chi connectivity index (χ1) is 12.2. The van der Waals surface area contributed by atoms with Crippen LogP contribution in [0, 0.1) is 0 Å². The molecule has 1 unspecified atom stereocenters. The smallest absolute Gasteiger partial charge is 0.317 e. The Morgan fingerprint density at radius 1 is 1.52 bits per heavy atom. The fraction of sp³-hybridized carbons (Fsp3) is 0.588. The van der Waals surface area contributed by atoms with Gasteiger partial charge in [-0.3, -0.25) is 0 Å². The van der Waals surface area contributed by atoms with Gasteiger partial charge in [0.1, 0.15) is 24.5 Å². The third kappa shape index (κ3) is 4.82. The Morgan fingerprint density at radius 2 is 2.44 bits per heavy atom. The monoisotopic (exact) mass is 347 g/mol. The lowest BCUT2D eigenvalue weighted by atomic mass is 9.97. The lowest BCUT2D eigenvalue weighted by molar-refractivity contribution is 0.104. The number of likely N-dealkylation sites (tertiary alicyclic amines) is 1. The normalized spacial score (nSPS) is 17.6. The SMILES string of the molecule is Cn1cnnc1C1CCCN(C(=O)NCCCOCc2ccco2)C1. The molecule has 1 atom stereocenters. The van der Waals surface area contributed by atoms with Crippen LogP contribution in [-0.4, -0.2) is 51.9 Å². The van der Waals surface area contributed by atoms with Crippen molar-refractivity contribution in [2.75, 3.05) is 26.2 Å². The largest absolute Gasteiger partial charge is 0.467 e. The van der Waals surface area contributed by atoms with E-state index in [9.17, 15) is 4.79 Å². The summed E-state index contributed by atoms with van der Waals surface area (Å²) in [6.45, 7) is 3.12. The number of nitrogens with zero attached hydrogens (tertiary/aromatic N) is 4. The third-order valence-electron chi connectivity index (χ3n) is 4.39. The number of ether oxygens (including phenoxy) is 1. The maximum absolute atomic E-state index is 12.3. The molecular weight excluding hydrogens is 322 g/mol. The molecule has 1 N–H and O–H groups in total. The molecule has 0 spiro atoms. The molecule has 8 nitrogen and oxygen atoms in total. The highest BCUT2D eigenvalue weighted by atomic mass is 16.5. The summed E-state index contributed by atoms with van der Waals surface area (Å²) in [5.74, 6) is 2.01. The number of rotatable bonds is 7. The first-order valence-corrected chi connectivity index (χ1v) is 8.71. The van der Waals surface area contributed by atoms with E-state index in [2.05, 4.69) is 15.5 Å². The second kappa shape index (κ2) is 8.66. The fourth-order valence-corrected chi connectivity index (χ4v) is 3.08. The van der Waals surface area contributed by atoms with E-state index in [1.165, 1.54) is 0 Å². The van der Waals surface area contributed by atoms with Gasteiger partial charge in [-0.15, -0.1) is 10.2 Å². The van der Waals surface area contributed by atoms with Crippen LogP contribution in [0.5, 0.6) is 0 Å². The molecular formula is C17H25N5O3. The van der Waals surface area contributed by atoms with Gasteiger partial charge in [-0.25, -0.2) is 4.79 Å². The number of urea groups is 1. The van der Waals surface area contributed by atoms with Crippen LogP contribution in [0.15, 0.2) is 29.1 Å². The van der Waals surface area contributed by atoms with Gasteiger partial charge in [-0.1, -0.05) is 0 Å². The van der Waals surface area contributed by atoms with Gasteiger partial charge in [-0.2, -0.15) is 0 Å². The lowest BCUT2D eigenvalue weighted by Crippen LogP contribution is -2.45. The van der Waals surface area contributed by atoms with Crippen molar-refractivity contribution in [3.63, 3.8) is 0 Å². The average Bonchev–Trinajstić information content (AvgIpc) is 3.29. The van der Waals surface area contributed by atoms with Gasteiger partial charge in [0.05, 0.1) is 6.26 Å². The van der Waals surface area contributed by atoms with Gasteiger partial charge in [0.25, 0.3) is 0 Å². The van der Waals surface area contributed by atoms with Crippen molar-refractivity contribution in [1.29, 1.82) is 0 Å². The summed E-state index contributed by atoms with van der Waals surface area (Å²) in [4.78, 5) is 14.2.